The second kappa shape index (κ2) is 8.53. The van der Waals surface area contributed by atoms with Crippen molar-refractivity contribution in [2.24, 2.45) is 0 Å². The molecule has 7 heteroatoms. The fourth-order valence-electron chi connectivity index (χ4n) is 2.92. The molecule has 136 valence electrons. The third-order valence-corrected chi connectivity index (χ3v) is 4.26. The molecule has 26 heavy (non-hydrogen) atoms. The Labute approximate surface area is 151 Å². The molecule has 1 aliphatic heterocycles. The highest BCUT2D eigenvalue weighted by Gasteiger charge is 2.14. The lowest BCUT2D eigenvalue weighted by atomic mass is 10.1. The van der Waals surface area contributed by atoms with Gasteiger partial charge in [-0.15, -0.1) is 0 Å². The van der Waals surface area contributed by atoms with Crippen molar-refractivity contribution < 1.29 is 14.0 Å². The van der Waals surface area contributed by atoms with Gasteiger partial charge in [0, 0.05) is 17.6 Å². The van der Waals surface area contributed by atoms with Crippen molar-refractivity contribution in [3.05, 3.63) is 54.1 Å². The summed E-state index contributed by atoms with van der Waals surface area (Å²) in [6, 6.07) is 8.04. The van der Waals surface area contributed by atoms with Crippen molar-refractivity contribution in [1.29, 1.82) is 0 Å². The van der Waals surface area contributed by atoms with Crippen LogP contribution in [0.2, 0.25) is 0 Å². The Balaban J connectivity index is 1.54. The SMILES string of the molecule is O=C(CN1CCCCC1)Nc1ccc(NC(=O)c2ccncc2F)cc1. The summed E-state index contributed by atoms with van der Waals surface area (Å²) in [6.45, 7) is 2.31. The topological polar surface area (TPSA) is 74.3 Å². The number of amides is 2. The van der Waals surface area contributed by atoms with E-state index < -0.39 is 11.7 Å². The summed E-state index contributed by atoms with van der Waals surface area (Å²) in [7, 11) is 0. The van der Waals surface area contributed by atoms with Gasteiger partial charge in [0.15, 0.2) is 5.82 Å². The fourth-order valence-corrected chi connectivity index (χ4v) is 2.92. The van der Waals surface area contributed by atoms with Gasteiger partial charge in [-0.05, 0) is 56.3 Å². The van der Waals surface area contributed by atoms with Gasteiger partial charge in [0.05, 0.1) is 18.3 Å². The molecule has 0 atom stereocenters. The van der Waals surface area contributed by atoms with E-state index in [2.05, 4.69) is 20.5 Å². The number of nitrogens with zero attached hydrogens (tertiary/aromatic N) is 2. The van der Waals surface area contributed by atoms with E-state index in [4.69, 9.17) is 0 Å². The summed E-state index contributed by atoms with van der Waals surface area (Å²) >= 11 is 0. The van der Waals surface area contributed by atoms with E-state index in [1.54, 1.807) is 24.3 Å². The maximum Gasteiger partial charge on any atom is 0.258 e. The van der Waals surface area contributed by atoms with E-state index >= 15 is 0 Å². The van der Waals surface area contributed by atoms with Crippen LogP contribution in [0.3, 0.4) is 0 Å². The van der Waals surface area contributed by atoms with Crippen LogP contribution in [0.25, 0.3) is 0 Å². The number of carbonyl (C=O) groups excluding carboxylic acids is 2. The van der Waals surface area contributed by atoms with Crippen molar-refractivity contribution in [3.63, 3.8) is 0 Å². The molecule has 1 aliphatic rings. The Morgan fingerprint density at radius 2 is 1.65 bits per heavy atom. The Kier molecular flexibility index (Phi) is 5.91. The Morgan fingerprint density at radius 3 is 2.31 bits per heavy atom. The van der Waals surface area contributed by atoms with Gasteiger partial charge in [-0.3, -0.25) is 19.5 Å². The van der Waals surface area contributed by atoms with Gasteiger partial charge in [0.1, 0.15) is 0 Å². The minimum absolute atomic E-state index is 0.0532. The highest BCUT2D eigenvalue weighted by Crippen LogP contribution is 2.16. The molecular weight excluding hydrogens is 335 g/mol. The zero-order valence-electron chi connectivity index (χ0n) is 14.4. The summed E-state index contributed by atoms with van der Waals surface area (Å²) < 4.78 is 13.6. The molecule has 0 radical (unpaired) electrons. The van der Waals surface area contributed by atoms with Gasteiger partial charge in [-0.25, -0.2) is 4.39 Å². The number of hydrogen-bond donors (Lipinski definition) is 2. The number of carbonyl (C=O) groups is 2. The van der Waals surface area contributed by atoms with E-state index in [1.165, 1.54) is 18.7 Å². The van der Waals surface area contributed by atoms with Crippen LogP contribution in [0, 0.1) is 5.82 Å². The molecule has 2 heterocycles. The standard InChI is InChI=1S/C19H21FN4O2/c20-17-12-21-9-8-16(17)19(26)23-15-6-4-14(5-7-15)22-18(25)13-24-10-2-1-3-11-24/h4-9,12H,1-3,10-11,13H2,(H,22,25)(H,23,26). The molecule has 1 aromatic heterocycles. The van der Waals surface area contributed by atoms with Crippen LogP contribution in [-0.2, 0) is 4.79 Å². The van der Waals surface area contributed by atoms with Crippen molar-refractivity contribution in [2.75, 3.05) is 30.3 Å². The van der Waals surface area contributed by atoms with Gasteiger partial charge in [-0.1, -0.05) is 6.42 Å². The number of rotatable bonds is 5. The van der Waals surface area contributed by atoms with Crippen LogP contribution in [-0.4, -0.2) is 41.3 Å². The summed E-state index contributed by atoms with van der Waals surface area (Å²) in [5, 5.41) is 5.47. The van der Waals surface area contributed by atoms with Gasteiger partial charge < -0.3 is 10.6 Å². The van der Waals surface area contributed by atoms with Crippen molar-refractivity contribution >= 4 is 23.2 Å². The molecule has 3 rings (SSSR count). The predicted molar refractivity (Wildman–Crippen MR) is 97.5 cm³/mol. The molecular formula is C19H21FN4O2. The summed E-state index contributed by atoms with van der Waals surface area (Å²) in [6.07, 6.45) is 5.86. The maximum atomic E-state index is 13.6. The maximum absolute atomic E-state index is 13.6. The molecule has 1 saturated heterocycles. The molecule has 0 spiro atoms. The number of benzene rings is 1. The number of likely N-dealkylation sites (tertiary alicyclic amines) is 1. The van der Waals surface area contributed by atoms with Crippen LogP contribution in [0.15, 0.2) is 42.7 Å². The number of pyridine rings is 1. The second-order valence-corrected chi connectivity index (χ2v) is 6.27. The number of hydrogen-bond acceptors (Lipinski definition) is 4. The predicted octanol–water partition coefficient (Wildman–Crippen LogP) is 2.90. The molecule has 2 N–H and O–H groups in total. The molecule has 1 aromatic carbocycles. The molecule has 2 aromatic rings. The second-order valence-electron chi connectivity index (χ2n) is 6.27. The first-order chi connectivity index (χ1) is 12.6. The lowest BCUT2D eigenvalue weighted by Crippen LogP contribution is -2.36. The van der Waals surface area contributed by atoms with Crippen molar-refractivity contribution in [2.45, 2.75) is 19.3 Å². The monoisotopic (exact) mass is 356 g/mol. The third kappa shape index (κ3) is 4.86. The van der Waals surface area contributed by atoms with Gasteiger partial charge in [0.2, 0.25) is 5.91 Å². The first kappa shape index (κ1) is 18.0. The molecule has 0 unspecified atom stereocenters. The number of aromatic nitrogens is 1. The molecule has 2 amide bonds. The van der Waals surface area contributed by atoms with Crippen LogP contribution >= 0.6 is 0 Å². The summed E-state index contributed by atoms with van der Waals surface area (Å²) in [5.41, 5.74) is 1.10. The normalized spacial score (nSPS) is 14.7. The average molecular weight is 356 g/mol. The Bertz CT molecular complexity index is 773. The van der Waals surface area contributed by atoms with E-state index in [0.717, 1.165) is 32.1 Å². The quantitative estimate of drug-likeness (QED) is 0.864. The van der Waals surface area contributed by atoms with E-state index in [-0.39, 0.29) is 11.5 Å². The first-order valence-electron chi connectivity index (χ1n) is 8.65. The number of piperidine rings is 1. The van der Waals surface area contributed by atoms with Gasteiger partial charge in [0.25, 0.3) is 5.91 Å². The van der Waals surface area contributed by atoms with Crippen molar-refractivity contribution in [3.8, 4) is 0 Å². The Morgan fingerprint density at radius 1 is 1.00 bits per heavy atom. The minimum Gasteiger partial charge on any atom is -0.325 e. The third-order valence-electron chi connectivity index (χ3n) is 4.26. The molecule has 6 nitrogen and oxygen atoms in total. The number of anilines is 2. The lowest BCUT2D eigenvalue weighted by molar-refractivity contribution is -0.117. The Hall–Kier alpha value is -2.80. The summed E-state index contributed by atoms with van der Waals surface area (Å²) in [5.74, 6) is -1.28. The number of halogens is 1. The van der Waals surface area contributed by atoms with Crippen LogP contribution in [0.4, 0.5) is 15.8 Å². The highest BCUT2D eigenvalue weighted by molar-refractivity contribution is 6.04. The largest absolute Gasteiger partial charge is 0.325 e. The smallest absolute Gasteiger partial charge is 0.258 e. The van der Waals surface area contributed by atoms with Crippen LogP contribution in [0.5, 0.6) is 0 Å². The fraction of sp³-hybridized carbons (Fsp3) is 0.316. The first-order valence-corrected chi connectivity index (χ1v) is 8.65. The van der Waals surface area contributed by atoms with Crippen molar-refractivity contribution in [1.82, 2.24) is 9.88 Å². The van der Waals surface area contributed by atoms with Gasteiger partial charge >= 0.3 is 0 Å². The molecule has 0 saturated carbocycles. The number of nitrogens with one attached hydrogen (secondary N) is 2. The van der Waals surface area contributed by atoms with Crippen LogP contribution in [0.1, 0.15) is 29.6 Å². The average Bonchev–Trinajstić information content (AvgIpc) is 2.64. The molecule has 1 fully saturated rings. The van der Waals surface area contributed by atoms with E-state index in [1.807, 2.05) is 0 Å². The highest BCUT2D eigenvalue weighted by atomic mass is 19.1. The minimum atomic E-state index is -0.674. The van der Waals surface area contributed by atoms with Crippen LogP contribution < -0.4 is 10.6 Å². The zero-order chi connectivity index (χ0) is 18.4. The zero-order valence-corrected chi connectivity index (χ0v) is 14.4. The lowest BCUT2D eigenvalue weighted by Gasteiger charge is -2.25. The van der Waals surface area contributed by atoms with E-state index in [9.17, 15) is 14.0 Å². The van der Waals surface area contributed by atoms with Gasteiger partial charge in [-0.2, -0.15) is 0 Å². The summed E-state index contributed by atoms with van der Waals surface area (Å²) in [4.78, 5) is 29.9. The molecule has 0 aliphatic carbocycles. The molecule has 0 bridgehead atoms. The van der Waals surface area contributed by atoms with E-state index in [0.29, 0.717) is 17.9 Å².